The first-order chi connectivity index (χ1) is 14.8. The Morgan fingerprint density at radius 3 is 2.52 bits per heavy atom. The molecule has 1 aromatic carbocycles. The van der Waals surface area contributed by atoms with E-state index in [1.807, 2.05) is 6.92 Å². The van der Waals surface area contributed by atoms with Gasteiger partial charge < -0.3 is 4.74 Å². The largest absolute Gasteiger partial charge is 0.496 e. The Balaban J connectivity index is 1.87. The number of benzene rings is 1. The molecule has 0 saturated heterocycles. The highest BCUT2D eigenvalue weighted by molar-refractivity contribution is 6.05. The number of hydrogen-bond acceptors (Lipinski definition) is 4. The van der Waals surface area contributed by atoms with E-state index in [4.69, 9.17) is 4.74 Å². The van der Waals surface area contributed by atoms with E-state index in [0.29, 0.717) is 35.2 Å². The van der Waals surface area contributed by atoms with Crippen molar-refractivity contribution in [2.75, 3.05) is 7.11 Å². The molecular formula is C21H20F4N4O2. The molecule has 0 unspecified atom stereocenters. The number of methoxy groups -OCH3 is 1. The van der Waals surface area contributed by atoms with E-state index in [1.54, 1.807) is 41.2 Å². The van der Waals surface area contributed by atoms with Gasteiger partial charge in [0.1, 0.15) is 22.8 Å². The smallest absolute Gasteiger partial charge is 0.282 e. The van der Waals surface area contributed by atoms with E-state index in [2.05, 4.69) is 10.2 Å². The number of aromatic nitrogens is 4. The van der Waals surface area contributed by atoms with E-state index in [9.17, 15) is 22.4 Å². The molecule has 0 radical (unpaired) electrons. The lowest BCUT2D eigenvalue weighted by molar-refractivity contribution is 0.104. The number of rotatable bonds is 9. The summed E-state index contributed by atoms with van der Waals surface area (Å²) in [6, 6.07) is 7.20. The Labute approximate surface area is 175 Å². The summed E-state index contributed by atoms with van der Waals surface area (Å²) in [5.74, 6) is 0.0812. The van der Waals surface area contributed by atoms with Gasteiger partial charge in [0.05, 0.1) is 13.7 Å². The van der Waals surface area contributed by atoms with Gasteiger partial charge in [0.15, 0.2) is 0 Å². The number of hydrogen-bond donors (Lipinski definition) is 0. The first kappa shape index (κ1) is 22.3. The van der Waals surface area contributed by atoms with Gasteiger partial charge in [-0.2, -0.15) is 10.2 Å². The first-order valence-electron chi connectivity index (χ1n) is 9.39. The van der Waals surface area contributed by atoms with Gasteiger partial charge in [-0.1, -0.05) is 12.1 Å². The molecule has 0 atom stereocenters. The normalized spacial score (nSPS) is 11.7. The second-order valence-electron chi connectivity index (χ2n) is 6.58. The number of ether oxygens (including phenoxy) is 1. The molecule has 0 aliphatic rings. The molecule has 2 heterocycles. The van der Waals surface area contributed by atoms with Gasteiger partial charge in [0.25, 0.3) is 12.9 Å². The molecule has 6 nitrogen and oxygen atoms in total. The van der Waals surface area contributed by atoms with Crippen LogP contribution in [0.2, 0.25) is 0 Å². The third-order valence-electron chi connectivity index (χ3n) is 4.55. The lowest BCUT2D eigenvalue weighted by Gasteiger charge is -2.12. The van der Waals surface area contributed by atoms with Gasteiger partial charge in [0, 0.05) is 18.3 Å². The van der Waals surface area contributed by atoms with Gasteiger partial charge >= 0.3 is 0 Å². The van der Waals surface area contributed by atoms with Crippen LogP contribution in [0.3, 0.4) is 0 Å². The number of ketones is 1. The maximum Gasteiger partial charge on any atom is 0.282 e. The van der Waals surface area contributed by atoms with Crippen molar-refractivity contribution in [3.63, 3.8) is 0 Å². The standard InChI is InChI=1S/C21H20F4N4O2/c1-3-28-9-8-15(26-28)18(30)6-4-13-5-7-19(31-2)14(10-13)12-29-17(21(24)25)11-16(27-29)20(22)23/h4-11,20-21H,3,12H2,1-2H3/b6-4+. The molecule has 0 N–H and O–H groups in total. The number of alkyl halides is 4. The highest BCUT2D eigenvalue weighted by Crippen LogP contribution is 2.28. The minimum Gasteiger partial charge on any atom is -0.496 e. The third-order valence-corrected chi connectivity index (χ3v) is 4.55. The molecule has 0 aliphatic heterocycles. The van der Waals surface area contributed by atoms with Crippen molar-refractivity contribution in [1.29, 1.82) is 0 Å². The average molecular weight is 436 g/mol. The molecule has 0 aliphatic carbocycles. The van der Waals surface area contributed by atoms with Crippen LogP contribution in [0.25, 0.3) is 6.08 Å². The summed E-state index contributed by atoms with van der Waals surface area (Å²) in [7, 11) is 1.41. The monoisotopic (exact) mass is 436 g/mol. The molecule has 0 spiro atoms. The van der Waals surface area contributed by atoms with Crippen LogP contribution in [0.4, 0.5) is 17.6 Å². The van der Waals surface area contributed by atoms with Crippen molar-refractivity contribution < 1.29 is 27.1 Å². The number of carbonyl (C=O) groups is 1. The fraction of sp³-hybridized carbons (Fsp3) is 0.286. The van der Waals surface area contributed by atoms with Crippen LogP contribution in [0.5, 0.6) is 5.75 Å². The van der Waals surface area contributed by atoms with Gasteiger partial charge in [-0.15, -0.1) is 0 Å². The van der Waals surface area contributed by atoms with Gasteiger partial charge in [-0.25, -0.2) is 17.6 Å². The first-order valence-corrected chi connectivity index (χ1v) is 9.39. The van der Waals surface area contributed by atoms with Gasteiger partial charge in [0.2, 0.25) is 5.78 Å². The Bertz CT molecular complexity index is 1090. The molecular weight excluding hydrogens is 416 g/mol. The highest BCUT2D eigenvalue weighted by atomic mass is 19.3. The van der Waals surface area contributed by atoms with Crippen molar-refractivity contribution in [1.82, 2.24) is 19.6 Å². The molecule has 0 saturated carbocycles. The molecule has 31 heavy (non-hydrogen) atoms. The molecule has 3 aromatic rings. The van der Waals surface area contributed by atoms with E-state index in [-0.39, 0.29) is 12.3 Å². The Hall–Kier alpha value is -3.43. The maximum atomic E-state index is 13.3. The maximum absolute atomic E-state index is 13.3. The summed E-state index contributed by atoms with van der Waals surface area (Å²) in [4.78, 5) is 12.3. The summed E-state index contributed by atoms with van der Waals surface area (Å²) in [6.45, 7) is 2.34. The van der Waals surface area contributed by atoms with E-state index in [1.165, 1.54) is 13.2 Å². The predicted molar refractivity (Wildman–Crippen MR) is 106 cm³/mol. The fourth-order valence-electron chi connectivity index (χ4n) is 2.97. The van der Waals surface area contributed by atoms with Gasteiger partial charge in [-0.05, 0) is 42.8 Å². The highest BCUT2D eigenvalue weighted by Gasteiger charge is 2.22. The lowest BCUT2D eigenvalue weighted by atomic mass is 10.1. The number of allylic oxidation sites excluding steroid dienone is 1. The number of aryl methyl sites for hydroxylation is 1. The zero-order valence-corrected chi connectivity index (χ0v) is 16.8. The van der Waals surface area contributed by atoms with Crippen LogP contribution >= 0.6 is 0 Å². The topological polar surface area (TPSA) is 61.9 Å². The number of carbonyl (C=O) groups excluding carboxylic acids is 1. The zero-order chi connectivity index (χ0) is 22.5. The van der Waals surface area contributed by atoms with Crippen molar-refractivity contribution >= 4 is 11.9 Å². The minimum atomic E-state index is -2.96. The minimum absolute atomic E-state index is 0.202. The molecule has 10 heteroatoms. The quantitative estimate of drug-likeness (QED) is 0.271. The Morgan fingerprint density at radius 1 is 1.13 bits per heavy atom. The van der Waals surface area contributed by atoms with Crippen LogP contribution in [-0.2, 0) is 13.1 Å². The summed E-state index contributed by atoms with van der Waals surface area (Å²) in [5, 5.41) is 7.74. The second-order valence-corrected chi connectivity index (χ2v) is 6.58. The number of nitrogens with zero attached hydrogens (tertiary/aromatic N) is 4. The van der Waals surface area contributed by atoms with Crippen LogP contribution in [-0.4, -0.2) is 32.5 Å². The molecule has 2 aromatic heterocycles. The Morgan fingerprint density at radius 2 is 1.90 bits per heavy atom. The van der Waals surface area contributed by atoms with Crippen LogP contribution in [0.15, 0.2) is 42.6 Å². The second kappa shape index (κ2) is 9.59. The molecule has 3 rings (SSSR count). The molecule has 0 bridgehead atoms. The third kappa shape index (κ3) is 5.19. The lowest BCUT2D eigenvalue weighted by Crippen LogP contribution is -2.08. The van der Waals surface area contributed by atoms with Crippen molar-refractivity contribution in [3.05, 3.63) is 70.8 Å². The Kier molecular flexibility index (Phi) is 6.88. The van der Waals surface area contributed by atoms with Crippen LogP contribution in [0.1, 0.15) is 52.8 Å². The summed E-state index contributed by atoms with van der Waals surface area (Å²) < 4.78 is 60.1. The predicted octanol–water partition coefficient (Wildman–Crippen LogP) is 4.93. The van der Waals surface area contributed by atoms with Crippen molar-refractivity contribution in [3.8, 4) is 5.75 Å². The van der Waals surface area contributed by atoms with E-state index < -0.39 is 24.2 Å². The van der Waals surface area contributed by atoms with E-state index in [0.717, 1.165) is 4.68 Å². The zero-order valence-electron chi connectivity index (χ0n) is 16.8. The summed E-state index contributed by atoms with van der Waals surface area (Å²) >= 11 is 0. The van der Waals surface area contributed by atoms with Crippen LogP contribution in [0, 0.1) is 0 Å². The number of halogens is 4. The summed E-state index contributed by atoms with van der Waals surface area (Å²) in [6.07, 6.45) is -1.32. The SMILES string of the molecule is CCn1ccc(C(=O)/C=C/c2ccc(OC)c(Cn3nc(C(F)F)cc3C(F)F)c2)n1. The fourth-order valence-corrected chi connectivity index (χ4v) is 2.97. The van der Waals surface area contributed by atoms with Crippen molar-refractivity contribution in [2.45, 2.75) is 32.9 Å². The van der Waals surface area contributed by atoms with Crippen molar-refractivity contribution in [2.24, 2.45) is 0 Å². The molecule has 164 valence electrons. The van der Waals surface area contributed by atoms with E-state index >= 15 is 0 Å². The van der Waals surface area contributed by atoms with Gasteiger partial charge in [-0.3, -0.25) is 14.2 Å². The molecule has 0 amide bonds. The molecule has 0 fully saturated rings. The average Bonchev–Trinajstić information content (AvgIpc) is 3.39. The summed E-state index contributed by atoms with van der Waals surface area (Å²) in [5.41, 5.74) is 0.00369. The van der Waals surface area contributed by atoms with Crippen LogP contribution < -0.4 is 4.74 Å².